The van der Waals surface area contributed by atoms with E-state index in [4.69, 9.17) is 4.74 Å². The number of halogens is 3. The number of ether oxygens (including phenoxy) is 1. The molecule has 0 atom stereocenters. The van der Waals surface area contributed by atoms with E-state index >= 15 is 0 Å². The van der Waals surface area contributed by atoms with E-state index in [1.807, 2.05) is 0 Å². The van der Waals surface area contributed by atoms with Crippen LogP contribution in [0.25, 0.3) is 0 Å². The lowest BCUT2D eigenvalue weighted by Gasteiger charge is -2.16. The fraction of sp³-hybridized carbons (Fsp3) is 0.667. The number of unbranched alkanes of at least 4 members (excludes halogenated alkanes) is 5. The van der Waals surface area contributed by atoms with Crippen LogP contribution in [0.5, 0.6) is 17.2 Å². The average molecular weight is 348 g/mol. The predicted octanol–water partition coefficient (Wildman–Crippen LogP) is 5.56. The van der Waals surface area contributed by atoms with Gasteiger partial charge in [0, 0.05) is 17.5 Å². The second-order valence-electron chi connectivity index (χ2n) is 6.20. The monoisotopic (exact) mass is 348 g/mol. The molecule has 0 unspecified atom stereocenters. The first-order chi connectivity index (χ1) is 11.2. The number of hydrogen-bond donors (Lipinski definition) is 2. The molecule has 0 aromatic heterocycles. The van der Waals surface area contributed by atoms with Crippen molar-refractivity contribution in [3.05, 3.63) is 16.7 Å². The van der Waals surface area contributed by atoms with Gasteiger partial charge in [-0.1, -0.05) is 25.7 Å². The van der Waals surface area contributed by atoms with Crippen molar-refractivity contribution in [3.8, 4) is 17.2 Å². The van der Waals surface area contributed by atoms with Crippen molar-refractivity contribution in [1.82, 2.24) is 0 Å². The van der Waals surface area contributed by atoms with Crippen molar-refractivity contribution in [2.45, 2.75) is 71.4 Å². The Kier molecular flexibility index (Phi) is 7.70. The van der Waals surface area contributed by atoms with E-state index < -0.39 is 12.6 Å². The highest BCUT2D eigenvalue weighted by molar-refractivity contribution is 5.61. The van der Waals surface area contributed by atoms with E-state index in [9.17, 15) is 23.4 Å². The third-order valence-electron chi connectivity index (χ3n) is 4.35. The van der Waals surface area contributed by atoms with Gasteiger partial charge in [-0.05, 0) is 38.7 Å². The molecular weight excluding hydrogens is 321 g/mol. The standard InChI is InChI=1S/C18H27F3O3/c1-12-14(16(23)17(24-3)13(2)15(12)22)10-8-6-4-5-7-9-11-18(19,20)21/h22-23H,4-11H2,1-3H3. The third kappa shape index (κ3) is 5.80. The van der Waals surface area contributed by atoms with Crippen molar-refractivity contribution in [3.63, 3.8) is 0 Å². The highest BCUT2D eigenvalue weighted by atomic mass is 19.4. The first-order valence-corrected chi connectivity index (χ1v) is 8.33. The normalized spacial score (nSPS) is 11.8. The maximum Gasteiger partial charge on any atom is 0.389 e. The van der Waals surface area contributed by atoms with Gasteiger partial charge in [0.2, 0.25) is 0 Å². The fourth-order valence-electron chi connectivity index (χ4n) is 2.91. The van der Waals surface area contributed by atoms with Gasteiger partial charge in [0.15, 0.2) is 11.5 Å². The Balaban J connectivity index is 2.42. The molecule has 0 spiro atoms. The SMILES string of the molecule is COc1c(C)c(O)c(C)c(CCCCCCCCC(F)(F)F)c1O. The summed E-state index contributed by atoms with van der Waals surface area (Å²) < 4.78 is 41.2. The first-order valence-electron chi connectivity index (χ1n) is 8.33. The van der Waals surface area contributed by atoms with Gasteiger partial charge in [-0.25, -0.2) is 0 Å². The molecule has 0 heterocycles. The molecule has 1 rings (SSSR count). The van der Waals surface area contributed by atoms with Crippen molar-refractivity contribution < 1.29 is 28.1 Å². The summed E-state index contributed by atoms with van der Waals surface area (Å²) in [5.41, 5.74) is 1.84. The van der Waals surface area contributed by atoms with E-state index in [0.29, 0.717) is 35.3 Å². The summed E-state index contributed by atoms with van der Waals surface area (Å²) in [5.74, 6) is 0.488. The molecule has 6 heteroatoms. The molecule has 2 N–H and O–H groups in total. The summed E-state index contributed by atoms with van der Waals surface area (Å²) in [4.78, 5) is 0. The Morgan fingerprint density at radius 2 is 1.38 bits per heavy atom. The summed E-state index contributed by atoms with van der Waals surface area (Å²) in [7, 11) is 1.45. The van der Waals surface area contributed by atoms with E-state index in [0.717, 1.165) is 25.7 Å². The number of phenols is 2. The lowest BCUT2D eigenvalue weighted by Crippen LogP contribution is -2.06. The number of benzene rings is 1. The van der Waals surface area contributed by atoms with E-state index in [1.165, 1.54) is 7.11 Å². The maximum absolute atomic E-state index is 12.0. The molecule has 0 saturated carbocycles. The molecule has 0 aliphatic heterocycles. The van der Waals surface area contributed by atoms with Gasteiger partial charge in [-0.2, -0.15) is 13.2 Å². The molecule has 0 radical (unpaired) electrons. The predicted molar refractivity (Wildman–Crippen MR) is 87.9 cm³/mol. The van der Waals surface area contributed by atoms with E-state index in [-0.39, 0.29) is 17.9 Å². The molecule has 0 aliphatic carbocycles. The highest BCUT2D eigenvalue weighted by Crippen LogP contribution is 2.42. The van der Waals surface area contributed by atoms with Gasteiger partial charge in [0.1, 0.15) is 5.75 Å². The third-order valence-corrected chi connectivity index (χ3v) is 4.35. The van der Waals surface area contributed by atoms with Crippen molar-refractivity contribution in [2.75, 3.05) is 7.11 Å². The molecule has 0 bridgehead atoms. The minimum Gasteiger partial charge on any atom is -0.507 e. The minimum absolute atomic E-state index is 0.0653. The van der Waals surface area contributed by atoms with Crippen LogP contribution >= 0.6 is 0 Å². The van der Waals surface area contributed by atoms with Crippen LogP contribution in [0.2, 0.25) is 0 Å². The molecular formula is C18H27F3O3. The largest absolute Gasteiger partial charge is 0.507 e. The second-order valence-corrected chi connectivity index (χ2v) is 6.20. The molecule has 0 saturated heterocycles. The summed E-state index contributed by atoms with van der Waals surface area (Å²) in [6.07, 6.45) is -0.0544. The quantitative estimate of drug-likeness (QED) is 0.454. The summed E-state index contributed by atoms with van der Waals surface area (Å²) >= 11 is 0. The lowest BCUT2D eigenvalue weighted by molar-refractivity contribution is -0.135. The van der Waals surface area contributed by atoms with Crippen LogP contribution in [0.15, 0.2) is 0 Å². The van der Waals surface area contributed by atoms with E-state index in [1.54, 1.807) is 13.8 Å². The average Bonchev–Trinajstić information content (AvgIpc) is 2.50. The van der Waals surface area contributed by atoms with Gasteiger partial charge in [0.05, 0.1) is 7.11 Å². The topological polar surface area (TPSA) is 49.7 Å². The molecule has 0 aliphatic rings. The van der Waals surface area contributed by atoms with Gasteiger partial charge < -0.3 is 14.9 Å². The minimum atomic E-state index is -4.05. The summed E-state index contributed by atoms with van der Waals surface area (Å²) in [5, 5.41) is 20.4. The van der Waals surface area contributed by atoms with Crippen LogP contribution in [0, 0.1) is 13.8 Å². The number of hydrogen-bond acceptors (Lipinski definition) is 3. The van der Waals surface area contributed by atoms with Crippen LogP contribution in [0.1, 0.15) is 61.6 Å². The van der Waals surface area contributed by atoms with Gasteiger partial charge in [-0.3, -0.25) is 0 Å². The Morgan fingerprint density at radius 1 is 0.833 bits per heavy atom. The van der Waals surface area contributed by atoms with Crippen LogP contribution < -0.4 is 4.74 Å². The maximum atomic E-state index is 12.0. The second kappa shape index (κ2) is 9.04. The van der Waals surface area contributed by atoms with Crippen LogP contribution in [-0.2, 0) is 6.42 Å². The Bertz CT molecular complexity index is 540. The van der Waals surface area contributed by atoms with E-state index in [2.05, 4.69) is 0 Å². The number of phenolic OH excluding ortho intramolecular Hbond substituents is 2. The fourth-order valence-corrected chi connectivity index (χ4v) is 2.91. The number of aromatic hydroxyl groups is 2. The molecule has 138 valence electrons. The van der Waals surface area contributed by atoms with Crippen molar-refractivity contribution in [1.29, 1.82) is 0 Å². The zero-order valence-corrected chi connectivity index (χ0v) is 14.6. The number of alkyl halides is 3. The Morgan fingerprint density at radius 3 is 1.92 bits per heavy atom. The molecule has 1 aromatic carbocycles. The van der Waals surface area contributed by atoms with Gasteiger partial charge in [-0.15, -0.1) is 0 Å². The Labute approximate surface area is 141 Å². The molecule has 0 amide bonds. The van der Waals surface area contributed by atoms with Gasteiger partial charge >= 0.3 is 6.18 Å². The van der Waals surface area contributed by atoms with Crippen molar-refractivity contribution >= 4 is 0 Å². The van der Waals surface area contributed by atoms with Crippen LogP contribution in [0.4, 0.5) is 13.2 Å². The van der Waals surface area contributed by atoms with Crippen molar-refractivity contribution in [2.24, 2.45) is 0 Å². The summed E-state index contributed by atoms with van der Waals surface area (Å²) in [6.45, 7) is 3.44. The highest BCUT2D eigenvalue weighted by Gasteiger charge is 2.25. The zero-order valence-electron chi connectivity index (χ0n) is 14.6. The zero-order chi connectivity index (χ0) is 18.3. The number of methoxy groups -OCH3 is 1. The smallest absolute Gasteiger partial charge is 0.389 e. The Hall–Kier alpha value is -1.59. The molecule has 3 nitrogen and oxygen atoms in total. The first kappa shape index (κ1) is 20.5. The molecule has 0 fully saturated rings. The summed E-state index contributed by atoms with van der Waals surface area (Å²) in [6, 6.07) is 0. The molecule has 24 heavy (non-hydrogen) atoms. The van der Waals surface area contributed by atoms with Crippen LogP contribution in [0.3, 0.4) is 0 Å². The lowest BCUT2D eigenvalue weighted by atomic mass is 9.96. The number of rotatable bonds is 9. The van der Waals surface area contributed by atoms with Crippen LogP contribution in [-0.4, -0.2) is 23.5 Å². The molecule has 1 aromatic rings. The van der Waals surface area contributed by atoms with Gasteiger partial charge in [0.25, 0.3) is 0 Å².